The Hall–Kier alpha value is -3.03. The number of benzene rings is 2. The first-order valence-corrected chi connectivity index (χ1v) is 10.6. The number of hydrogen-bond acceptors (Lipinski definition) is 5. The van der Waals surface area contributed by atoms with Gasteiger partial charge in [-0.1, -0.05) is 19.1 Å². The molecule has 162 valence electrons. The molecule has 0 aliphatic carbocycles. The van der Waals surface area contributed by atoms with E-state index in [9.17, 15) is 14.0 Å². The van der Waals surface area contributed by atoms with E-state index in [4.69, 9.17) is 4.42 Å². The van der Waals surface area contributed by atoms with Crippen molar-refractivity contribution < 1.29 is 13.6 Å². The van der Waals surface area contributed by atoms with E-state index in [1.165, 1.54) is 17.7 Å². The largest absolute Gasteiger partial charge is 0.423 e. The van der Waals surface area contributed by atoms with Gasteiger partial charge in [0.2, 0.25) is 5.91 Å². The molecule has 0 radical (unpaired) electrons. The Kier molecular flexibility index (Phi) is 6.44. The Morgan fingerprint density at radius 2 is 1.84 bits per heavy atom. The van der Waals surface area contributed by atoms with Gasteiger partial charge in [0.15, 0.2) is 0 Å². The summed E-state index contributed by atoms with van der Waals surface area (Å²) in [6.45, 7) is 6.11. The highest BCUT2D eigenvalue weighted by atomic mass is 19.1. The second kappa shape index (κ2) is 9.41. The number of carbonyl (C=O) groups excluding carboxylic acids is 1. The van der Waals surface area contributed by atoms with Gasteiger partial charge in [-0.3, -0.25) is 14.6 Å². The van der Waals surface area contributed by atoms with Gasteiger partial charge in [0.25, 0.3) is 0 Å². The second-order valence-corrected chi connectivity index (χ2v) is 7.89. The molecule has 0 bridgehead atoms. The van der Waals surface area contributed by atoms with Crippen LogP contribution in [0, 0.1) is 5.82 Å². The number of aryl methyl sites for hydroxylation is 1. The Morgan fingerprint density at radius 1 is 1.06 bits per heavy atom. The lowest BCUT2D eigenvalue weighted by Crippen LogP contribution is -2.48. The summed E-state index contributed by atoms with van der Waals surface area (Å²) >= 11 is 0. The summed E-state index contributed by atoms with van der Waals surface area (Å²) in [5.41, 5.74) is 2.92. The van der Waals surface area contributed by atoms with Crippen LogP contribution in [0.25, 0.3) is 11.0 Å². The Morgan fingerprint density at radius 3 is 2.58 bits per heavy atom. The van der Waals surface area contributed by atoms with E-state index in [2.05, 4.69) is 28.1 Å². The fourth-order valence-electron chi connectivity index (χ4n) is 3.94. The van der Waals surface area contributed by atoms with Crippen LogP contribution in [-0.4, -0.2) is 48.4 Å². The van der Waals surface area contributed by atoms with Gasteiger partial charge in [-0.2, -0.15) is 0 Å². The summed E-state index contributed by atoms with van der Waals surface area (Å²) in [7, 11) is 0. The van der Waals surface area contributed by atoms with Gasteiger partial charge in [0, 0.05) is 49.9 Å². The van der Waals surface area contributed by atoms with Crippen LogP contribution in [0.1, 0.15) is 18.1 Å². The highest BCUT2D eigenvalue weighted by Crippen LogP contribution is 2.21. The number of nitrogens with one attached hydrogen (secondary N) is 1. The minimum atomic E-state index is -0.375. The van der Waals surface area contributed by atoms with Gasteiger partial charge in [-0.25, -0.2) is 9.18 Å². The molecule has 0 saturated carbocycles. The molecule has 2 heterocycles. The maximum absolute atomic E-state index is 13.3. The SMILES string of the molecule is CCc1ccc2oc(=O)cc(CN3CCN(CC(=O)Nc4cccc(F)c4)CC3)c2c1. The second-order valence-electron chi connectivity index (χ2n) is 7.89. The van der Waals surface area contributed by atoms with Gasteiger partial charge in [-0.05, 0) is 47.9 Å². The van der Waals surface area contributed by atoms with E-state index in [1.807, 2.05) is 12.1 Å². The Labute approximate surface area is 180 Å². The van der Waals surface area contributed by atoms with Gasteiger partial charge in [-0.15, -0.1) is 0 Å². The number of piperazine rings is 1. The summed E-state index contributed by atoms with van der Waals surface area (Å²) in [6, 6.07) is 13.4. The lowest BCUT2D eigenvalue weighted by atomic mass is 10.0. The lowest BCUT2D eigenvalue weighted by molar-refractivity contribution is -0.117. The van der Waals surface area contributed by atoms with Crippen LogP contribution in [0.3, 0.4) is 0 Å². The topological polar surface area (TPSA) is 65.8 Å². The zero-order valence-corrected chi connectivity index (χ0v) is 17.6. The molecule has 2 aromatic carbocycles. The van der Waals surface area contributed by atoms with E-state index in [-0.39, 0.29) is 23.9 Å². The smallest absolute Gasteiger partial charge is 0.336 e. The first kappa shape index (κ1) is 21.2. The van der Waals surface area contributed by atoms with Crippen molar-refractivity contribution in [1.29, 1.82) is 0 Å². The number of rotatable bonds is 6. The molecule has 4 rings (SSSR count). The fraction of sp³-hybridized carbons (Fsp3) is 0.333. The number of nitrogens with zero attached hydrogens (tertiary/aromatic N) is 2. The number of halogens is 1. The number of carbonyl (C=O) groups is 1. The third-order valence-electron chi connectivity index (χ3n) is 5.64. The van der Waals surface area contributed by atoms with E-state index < -0.39 is 0 Å². The molecule has 0 spiro atoms. The summed E-state index contributed by atoms with van der Waals surface area (Å²) in [5.74, 6) is -0.530. The van der Waals surface area contributed by atoms with Crippen molar-refractivity contribution in [3.63, 3.8) is 0 Å². The van der Waals surface area contributed by atoms with Crippen molar-refractivity contribution in [3.8, 4) is 0 Å². The standard InChI is InChI=1S/C24H26FN3O3/c1-2-17-6-7-22-21(12-17)18(13-24(30)31-22)15-27-8-10-28(11-9-27)16-23(29)26-20-5-3-4-19(25)14-20/h3-7,12-14H,2,8-11,15-16H2,1H3,(H,26,29). The molecule has 0 atom stereocenters. The van der Waals surface area contributed by atoms with E-state index in [0.717, 1.165) is 43.5 Å². The monoisotopic (exact) mass is 423 g/mol. The Balaban J connectivity index is 1.35. The normalized spacial score (nSPS) is 15.3. The van der Waals surface area contributed by atoms with Crippen molar-refractivity contribution in [3.05, 3.63) is 75.9 Å². The van der Waals surface area contributed by atoms with Crippen molar-refractivity contribution in [2.75, 3.05) is 38.0 Å². The molecule has 1 fully saturated rings. The maximum Gasteiger partial charge on any atom is 0.336 e. The quantitative estimate of drug-likeness (QED) is 0.617. The molecular formula is C24H26FN3O3. The number of amides is 1. The van der Waals surface area contributed by atoms with Crippen LogP contribution < -0.4 is 10.9 Å². The highest BCUT2D eigenvalue weighted by molar-refractivity contribution is 5.92. The summed E-state index contributed by atoms with van der Waals surface area (Å²) < 4.78 is 18.6. The first-order valence-electron chi connectivity index (χ1n) is 10.6. The predicted molar refractivity (Wildman–Crippen MR) is 119 cm³/mol. The minimum Gasteiger partial charge on any atom is -0.423 e. The average Bonchev–Trinajstić information content (AvgIpc) is 2.75. The maximum atomic E-state index is 13.3. The summed E-state index contributed by atoms with van der Waals surface area (Å²) in [5, 5.41) is 3.72. The number of fused-ring (bicyclic) bond motifs is 1. The molecule has 1 aliphatic heterocycles. The molecule has 3 aromatic rings. The van der Waals surface area contributed by atoms with Crippen molar-refractivity contribution in [2.45, 2.75) is 19.9 Å². The summed E-state index contributed by atoms with van der Waals surface area (Å²) in [6.07, 6.45) is 0.921. The average molecular weight is 423 g/mol. The minimum absolute atomic E-state index is 0.155. The molecule has 1 aliphatic rings. The zero-order chi connectivity index (χ0) is 21.8. The Bertz CT molecular complexity index is 1140. The van der Waals surface area contributed by atoms with Crippen molar-refractivity contribution in [2.24, 2.45) is 0 Å². The molecule has 1 N–H and O–H groups in total. The van der Waals surface area contributed by atoms with Crippen LogP contribution in [0.4, 0.5) is 10.1 Å². The van der Waals surface area contributed by atoms with Crippen LogP contribution in [-0.2, 0) is 17.8 Å². The molecule has 1 saturated heterocycles. The summed E-state index contributed by atoms with van der Waals surface area (Å²) in [4.78, 5) is 28.6. The fourth-order valence-corrected chi connectivity index (χ4v) is 3.94. The molecule has 0 unspecified atom stereocenters. The highest BCUT2D eigenvalue weighted by Gasteiger charge is 2.20. The van der Waals surface area contributed by atoms with Gasteiger partial charge in [0.1, 0.15) is 11.4 Å². The number of hydrogen-bond donors (Lipinski definition) is 1. The van der Waals surface area contributed by atoms with E-state index in [1.54, 1.807) is 18.2 Å². The third-order valence-corrected chi connectivity index (χ3v) is 5.64. The van der Waals surface area contributed by atoms with Gasteiger partial charge in [0.05, 0.1) is 6.54 Å². The lowest BCUT2D eigenvalue weighted by Gasteiger charge is -2.34. The third kappa shape index (κ3) is 5.37. The molecule has 1 amide bonds. The predicted octanol–water partition coefficient (Wildman–Crippen LogP) is 3.25. The van der Waals surface area contributed by atoms with Crippen molar-refractivity contribution >= 4 is 22.6 Å². The van der Waals surface area contributed by atoms with E-state index in [0.29, 0.717) is 17.8 Å². The molecule has 1 aromatic heterocycles. The van der Waals surface area contributed by atoms with Crippen LogP contribution in [0.5, 0.6) is 0 Å². The van der Waals surface area contributed by atoms with Crippen LogP contribution in [0.15, 0.2) is 57.7 Å². The first-order chi connectivity index (χ1) is 15.0. The van der Waals surface area contributed by atoms with Crippen molar-refractivity contribution in [1.82, 2.24) is 9.80 Å². The zero-order valence-electron chi connectivity index (χ0n) is 17.6. The molecule has 6 nitrogen and oxygen atoms in total. The van der Waals surface area contributed by atoms with Gasteiger partial charge >= 0.3 is 5.63 Å². The molecular weight excluding hydrogens is 397 g/mol. The number of anilines is 1. The van der Waals surface area contributed by atoms with Crippen LogP contribution >= 0.6 is 0 Å². The van der Waals surface area contributed by atoms with E-state index >= 15 is 0 Å². The van der Waals surface area contributed by atoms with Gasteiger partial charge < -0.3 is 9.73 Å². The molecule has 31 heavy (non-hydrogen) atoms. The molecule has 7 heteroatoms. The van der Waals surface area contributed by atoms with Crippen LogP contribution in [0.2, 0.25) is 0 Å².